The molecule has 168 valence electrons. The van der Waals surface area contributed by atoms with Gasteiger partial charge in [0.15, 0.2) is 22.9 Å². The highest BCUT2D eigenvalue weighted by molar-refractivity contribution is 5.94. The van der Waals surface area contributed by atoms with Crippen molar-refractivity contribution in [3.05, 3.63) is 29.1 Å². The summed E-state index contributed by atoms with van der Waals surface area (Å²) in [5, 5.41) is 25.6. The highest BCUT2D eigenvalue weighted by Crippen LogP contribution is 2.49. The molecule has 1 amide bonds. The number of alkyl halides is 6. The number of aromatic nitrogens is 4. The molecule has 1 fully saturated rings. The summed E-state index contributed by atoms with van der Waals surface area (Å²) in [5.41, 5.74) is -4.90. The number of hydrogen-bond donors (Lipinski definition) is 3. The van der Waals surface area contributed by atoms with E-state index in [9.17, 15) is 36.2 Å². The van der Waals surface area contributed by atoms with E-state index in [0.29, 0.717) is 12.8 Å². The molecule has 0 bridgehead atoms. The van der Waals surface area contributed by atoms with E-state index in [4.69, 9.17) is 0 Å². The number of hydrogen-bond acceptors (Lipinski definition) is 6. The average molecular weight is 450 g/mol. The van der Waals surface area contributed by atoms with E-state index in [0.717, 1.165) is 6.07 Å². The summed E-state index contributed by atoms with van der Waals surface area (Å²) in [6.07, 6.45) is -10.2. The second-order valence-electron chi connectivity index (χ2n) is 7.48. The second kappa shape index (κ2) is 7.07. The first kappa shape index (κ1) is 21.3. The van der Waals surface area contributed by atoms with Crippen LogP contribution in [0.1, 0.15) is 42.1 Å². The number of amides is 1. The van der Waals surface area contributed by atoms with Gasteiger partial charge < -0.3 is 15.3 Å². The van der Waals surface area contributed by atoms with Crippen LogP contribution in [0.2, 0.25) is 0 Å². The molecule has 0 radical (unpaired) electrons. The molecule has 1 unspecified atom stereocenters. The molecule has 4 heterocycles. The molecule has 4 rings (SSSR count). The Morgan fingerprint density at radius 2 is 1.77 bits per heavy atom. The van der Waals surface area contributed by atoms with Gasteiger partial charge in [-0.3, -0.25) is 9.89 Å². The molecule has 2 aromatic rings. The van der Waals surface area contributed by atoms with Crippen LogP contribution in [0, 0.1) is 0 Å². The molecule has 2 aliphatic heterocycles. The third-order valence-electron chi connectivity index (χ3n) is 5.52. The topological polar surface area (TPSA) is 107 Å². The van der Waals surface area contributed by atoms with Gasteiger partial charge in [0.05, 0.1) is 12.0 Å². The van der Waals surface area contributed by atoms with Gasteiger partial charge in [-0.2, -0.15) is 31.4 Å². The maximum Gasteiger partial charge on any atom is 0.435 e. The lowest BCUT2D eigenvalue weighted by molar-refractivity contribution is -0.267. The summed E-state index contributed by atoms with van der Waals surface area (Å²) in [6, 6.07) is 2.00. The highest BCUT2D eigenvalue weighted by Gasteiger charge is 2.61. The summed E-state index contributed by atoms with van der Waals surface area (Å²) < 4.78 is 78.8. The summed E-state index contributed by atoms with van der Waals surface area (Å²) in [6.45, 7) is 0.574. The van der Waals surface area contributed by atoms with Gasteiger partial charge in [0.1, 0.15) is 0 Å². The summed E-state index contributed by atoms with van der Waals surface area (Å²) >= 11 is 0. The first-order valence-corrected chi connectivity index (χ1v) is 9.24. The predicted octanol–water partition coefficient (Wildman–Crippen LogP) is 2.69. The van der Waals surface area contributed by atoms with Crippen molar-refractivity contribution in [1.29, 1.82) is 0 Å². The van der Waals surface area contributed by atoms with E-state index in [1.165, 1.54) is 6.07 Å². The molecular weight excluding hydrogens is 434 g/mol. The van der Waals surface area contributed by atoms with Crippen LogP contribution in [0.4, 0.5) is 38.0 Å². The third-order valence-corrected chi connectivity index (χ3v) is 5.52. The van der Waals surface area contributed by atoms with Crippen LogP contribution >= 0.6 is 0 Å². The lowest BCUT2D eigenvalue weighted by atomic mass is 9.81. The number of aliphatic hydroxyl groups is 1. The first-order chi connectivity index (χ1) is 14.4. The van der Waals surface area contributed by atoms with Crippen LogP contribution in [-0.2, 0) is 16.6 Å². The number of nitrogens with one attached hydrogen (secondary N) is 2. The number of H-pyrrole nitrogens is 1. The molecule has 0 aromatic carbocycles. The van der Waals surface area contributed by atoms with Crippen LogP contribution < -0.4 is 10.2 Å². The molecule has 0 saturated carbocycles. The van der Waals surface area contributed by atoms with Crippen molar-refractivity contribution in [2.75, 3.05) is 23.3 Å². The molecule has 8 nitrogen and oxygen atoms in total. The normalized spacial score (nSPS) is 22.9. The lowest BCUT2D eigenvalue weighted by Gasteiger charge is -2.36. The number of halogens is 6. The predicted molar refractivity (Wildman–Crippen MR) is 93.0 cm³/mol. The van der Waals surface area contributed by atoms with E-state index in [1.807, 2.05) is 0 Å². The lowest BCUT2D eigenvalue weighted by Crippen LogP contribution is -2.49. The number of carbonyl (C=O) groups excluding carboxylic acids is 1. The van der Waals surface area contributed by atoms with E-state index < -0.39 is 47.5 Å². The Morgan fingerprint density at radius 1 is 1.10 bits per heavy atom. The Bertz CT molecular complexity index is 980. The van der Waals surface area contributed by atoms with Crippen LogP contribution in [0.15, 0.2) is 12.1 Å². The minimum absolute atomic E-state index is 0.0768. The molecular formula is C17H16F6N6O2. The number of nitrogens with zero attached hydrogens (tertiary/aromatic N) is 4. The monoisotopic (exact) mass is 450 g/mol. The minimum Gasteiger partial charge on any atom is -0.376 e. The molecule has 0 spiro atoms. The minimum atomic E-state index is -5.09. The molecule has 1 atom stereocenters. The van der Waals surface area contributed by atoms with Gasteiger partial charge in [-0.05, 0) is 25.0 Å². The van der Waals surface area contributed by atoms with Gasteiger partial charge in [0.2, 0.25) is 5.91 Å². The second-order valence-corrected chi connectivity index (χ2v) is 7.48. The van der Waals surface area contributed by atoms with Gasteiger partial charge in [-0.1, -0.05) is 0 Å². The average Bonchev–Trinajstić information content (AvgIpc) is 3.11. The van der Waals surface area contributed by atoms with Gasteiger partial charge >= 0.3 is 12.4 Å². The van der Waals surface area contributed by atoms with Gasteiger partial charge in [0, 0.05) is 24.7 Å². The van der Waals surface area contributed by atoms with Gasteiger partial charge in [0.25, 0.3) is 0 Å². The number of rotatable bonds is 2. The number of carbonyl (C=O) groups is 1. The molecule has 2 aromatic heterocycles. The Balaban J connectivity index is 1.54. The Hall–Kier alpha value is -2.90. The van der Waals surface area contributed by atoms with Crippen molar-refractivity contribution in [1.82, 2.24) is 20.4 Å². The molecule has 1 saturated heterocycles. The van der Waals surface area contributed by atoms with Crippen LogP contribution in [0.5, 0.6) is 0 Å². The Morgan fingerprint density at radius 3 is 2.32 bits per heavy atom. The van der Waals surface area contributed by atoms with Crippen LogP contribution in [-0.4, -0.2) is 50.7 Å². The van der Waals surface area contributed by atoms with Crippen molar-refractivity contribution >= 4 is 17.5 Å². The number of anilines is 2. The molecule has 3 N–H and O–H groups in total. The Labute approximate surface area is 170 Å². The van der Waals surface area contributed by atoms with Crippen LogP contribution in [0.25, 0.3) is 0 Å². The van der Waals surface area contributed by atoms with E-state index in [1.54, 1.807) is 4.90 Å². The largest absolute Gasteiger partial charge is 0.435 e. The number of fused-ring (bicyclic) bond motifs is 1. The van der Waals surface area contributed by atoms with Crippen molar-refractivity contribution < 1.29 is 36.2 Å². The maximum atomic E-state index is 13.6. The third kappa shape index (κ3) is 3.68. The van der Waals surface area contributed by atoms with E-state index in [2.05, 4.69) is 25.7 Å². The fourth-order valence-electron chi connectivity index (χ4n) is 3.94. The zero-order chi connectivity index (χ0) is 22.6. The van der Waals surface area contributed by atoms with Gasteiger partial charge in [-0.25, -0.2) is 0 Å². The van der Waals surface area contributed by atoms with Gasteiger partial charge in [-0.15, -0.1) is 10.2 Å². The molecule has 14 heteroatoms. The maximum absolute atomic E-state index is 13.6. The summed E-state index contributed by atoms with van der Waals surface area (Å²) in [7, 11) is 0. The molecule has 2 aliphatic rings. The van der Waals surface area contributed by atoms with E-state index in [-0.39, 0.29) is 30.4 Å². The number of piperidine rings is 1. The summed E-state index contributed by atoms with van der Waals surface area (Å²) in [5.74, 6) is -1.58. The fourth-order valence-corrected chi connectivity index (χ4v) is 3.94. The highest BCUT2D eigenvalue weighted by atomic mass is 19.4. The fraction of sp³-hybridized carbons (Fsp3) is 0.529. The van der Waals surface area contributed by atoms with Crippen LogP contribution in [0.3, 0.4) is 0 Å². The molecule has 0 aliphatic carbocycles. The molecule has 31 heavy (non-hydrogen) atoms. The standard InChI is InChI=1S/C17H16F6N6O2/c18-16(19,20)9-1-2-10(26-25-9)29-5-3-8(4-6-29)13-12-14(28-27-13)24-11(30)7-15(12,31)17(21,22)23/h1-2,8,31H,3-7H2,(H2,24,27,28,30). The van der Waals surface area contributed by atoms with Crippen molar-refractivity contribution in [3.63, 3.8) is 0 Å². The Kier molecular flexibility index (Phi) is 4.87. The number of aromatic amines is 1. The van der Waals surface area contributed by atoms with E-state index >= 15 is 0 Å². The zero-order valence-electron chi connectivity index (χ0n) is 15.7. The quantitative estimate of drug-likeness (QED) is 0.608. The first-order valence-electron chi connectivity index (χ1n) is 9.24. The van der Waals surface area contributed by atoms with Crippen molar-refractivity contribution in [2.24, 2.45) is 0 Å². The van der Waals surface area contributed by atoms with Crippen molar-refractivity contribution in [3.8, 4) is 0 Å². The smallest absolute Gasteiger partial charge is 0.376 e. The zero-order valence-corrected chi connectivity index (χ0v) is 15.7. The summed E-state index contributed by atoms with van der Waals surface area (Å²) in [4.78, 5) is 13.3. The van der Waals surface area contributed by atoms with Crippen molar-refractivity contribution in [2.45, 2.75) is 43.1 Å². The SMILES string of the molecule is O=C1CC(O)(C(F)(F)F)c2c(n[nH]c2C2CCN(c3ccc(C(F)(F)F)nn3)CC2)N1.